The lowest BCUT2D eigenvalue weighted by molar-refractivity contribution is -0.131. The molecular weight excluding hydrogens is 398 g/mol. The van der Waals surface area contributed by atoms with Crippen LogP contribution in [0, 0.1) is 0 Å². The summed E-state index contributed by atoms with van der Waals surface area (Å²) >= 11 is 0. The maximum absolute atomic E-state index is 13.3. The summed E-state index contributed by atoms with van der Waals surface area (Å²) in [6, 6.07) is 14.3. The van der Waals surface area contributed by atoms with E-state index < -0.39 is 11.6 Å². The fourth-order valence-electron chi connectivity index (χ4n) is 3.76. The quantitative estimate of drug-likeness (QED) is 0.651. The number of imide groups is 1. The monoisotopic (exact) mass is 419 g/mol. The lowest BCUT2D eigenvalue weighted by Crippen LogP contribution is -2.40. The van der Waals surface area contributed by atoms with Crippen LogP contribution in [0.4, 0.5) is 4.79 Å². The van der Waals surface area contributed by atoms with Gasteiger partial charge in [-0.2, -0.15) is 0 Å². The van der Waals surface area contributed by atoms with Gasteiger partial charge in [-0.05, 0) is 24.6 Å². The fourth-order valence-corrected chi connectivity index (χ4v) is 3.76. The number of carbonyl (C=O) groups is 2. The lowest BCUT2D eigenvalue weighted by Gasteiger charge is -2.23. The summed E-state index contributed by atoms with van der Waals surface area (Å²) in [5.74, 6) is 1.67. The van der Waals surface area contributed by atoms with Crippen LogP contribution in [-0.4, -0.2) is 35.0 Å². The minimum Gasteiger partial charge on any atom is -0.490 e. The topological polar surface area (TPSA) is 93.9 Å². The Hall–Kier alpha value is -3.81. The highest BCUT2D eigenvalue weighted by Crippen LogP contribution is 2.37. The van der Waals surface area contributed by atoms with Crippen molar-refractivity contribution in [3.8, 4) is 22.8 Å². The molecule has 1 aromatic heterocycles. The molecule has 8 nitrogen and oxygen atoms in total. The van der Waals surface area contributed by atoms with Gasteiger partial charge in [0, 0.05) is 12.0 Å². The first kappa shape index (κ1) is 19.2. The van der Waals surface area contributed by atoms with Gasteiger partial charge in [0.05, 0.1) is 19.4 Å². The van der Waals surface area contributed by atoms with E-state index in [9.17, 15) is 9.59 Å². The number of benzene rings is 2. The summed E-state index contributed by atoms with van der Waals surface area (Å²) in [5.41, 5.74) is 0.266. The number of ether oxygens (including phenoxy) is 2. The van der Waals surface area contributed by atoms with Crippen molar-refractivity contribution in [1.82, 2.24) is 15.2 Å². The highest BCUT2D eigenvalue weighted by molar-refractivity contribution is 6.07. The smallest absolute Gasteiger partial charge is 0.325 e. The summed E-state index contributed by atoms with van der Waals surface area (Å²) in [5, 5.41) is 2.80. The first-order valence-corrected chi connectivity index (χ1v) is 10.1. The Morgan fingerprint density at radius 1 is 1.06 bits per heavy atom. The molecule has 1 saturated heterocycles. The van der Waals surface area contributed by atoms with Crippen LogP contribution < -0.4 is 14.8 Å². The van der Waals surface area contributed by atoms with Crippen LogP contribution in [0.5, 0.6) is 11.5 Å². The van der Waals surface area contributed by atoms with Crippen molar-refractivity contribution in [2.24, 2.45) is 0 Å². The van der Waals surface area contributed by atoms with Crippen LogP contribution in [0.1, 0.15) is 24.8 Å². The third-order valence-corrected chi connectivity index (χ3v) is 5.51. The molecule has 2 aromatic carbocycles. The Morgan fingerprint density at radius 3 is 2.65 bits per heavy atom. The van der Waals surface area contributed by atoms with E-state index in [4.69, 9.17) is 13.9 Å². The van der Waals surface area contributed by atoms with E-state index in [1.165, 1.54) is 0 Å². The molecule has 2 aliphatic rings. The van der Waals surface area contributed by atoms with Crippen molar-refractivity contribution in [2.45, 2.75) is 25.4 Å². The summed E-state index contributed by atoms with van der Waals surface area (Å²) in [7, 11) is 0. The largest absolute Gasteiger partial charge is 0.490 e. The van der Waals surface area contributed by atoms with Gasteiger partial charge in [-0.1, -0.05) is 36.4 Å². The van der Waals surface area contributed by atoms with Gasteiger partial charge in [0.25, 0.3) is 5.91 Å². The van der Waals surface area contributed by atoms with Crippen molar-refractivity contribution in [1.29, 1.82) is 0 Å². The van der Waals surface area contributed by atoms with Gasteiger partial charge in [-0.25, -0.2) is 9.78 Å². The number of nitrogens with zero attached hydrogens (tertiary/aromatic N) is 2. The van der Waals surface area contributed by atoms with Crippen molar-refractivity contribution in [3.63, 3.8) is 0 Å². The molecule has 0 bridgehead atoms. The number of amides is 3. The number of aromatic nitrogens is 1. The zero-order valence-electron chi connectivity index (χ0n) is 17.0. The summed E-state index contributed by atoms with van der Waals surface area (Å²) < 4.78 is 17.2. The van der Waals surface area contributed by atoms with Crippen molar-refractivity contribution in [3.05, 3.63) is 66.2 Å². The Kier molecular flexibility index (Phi) is 4.62. The number of hydrogen-bond acceptors (Lipinski definition) is 6. The van der Waals surface area contributed by atoms with Crippen LogP contribution in [0.15, 0.2) is 59.1 Å². The summed E-state index contributed by atoms with van der Waals surface area (Å²) in [6.07, 6.45) is 2.37. The molecule has 1 fully saturated rings. The molecule has 8 heteroatoms. The maximum atomic E-state index is 13.3. The van der Waals surface area contributed by atoms with Gasteiger partial charge in [0.1, 0.15) is 12.1 Å². The molecule has 0 saturated carbocycles. The van der Waals surface area contributed by atoms with Gasteiger partial charge in [0.15, 0.2) is 17.3 Å². The maximum Gasteiger partial charge on any atom is 0.325 e. The Bertz CT molecular complexity index is 1140. The summed E-state index contributed by atoms with van der Waals surface area (Å²) in [6.45, 7) is 2.73. The second-order valence-corrected chi connectivity index (χ2v) is 7.64. The molecule has 3 heterocycles. The van der Waals surface area contributed by atoms with Crippen LogP contribution in [0.3, 0.4) is 0 Å². The molecule has 1 atom stereocenters. The third kappa shape index (κ3) is 3.39. The normalized spacial score (nSPS) is 20.5. The van der Waals surface area contributed by atoms with E-state index in [2.05, 4.69) is 10.3 Å². The second-order valence-electron chi connectivity index (χ2n) is 7.64. The first-order chi connectivity index (χ1) is 15.0. The average molecular weight is 419 g/mol. The fraction of sp³-hybridized carbons (Fsp3) is 0.261. The minimum absolute atomic E-state index is 0.0579. The molecule has 0 spiro atoms. The second kappa shape index (κ2) is 7.46. The van der Waals surface area contributed by atoms with E-state index >= 15 is 0 Å². The first-order valence-electron chi connectivity index (χ1n) is 10.1. The Morgan fingerprint density at radius 2 is 1.84 bits per heavy atom. The average Bonchev–Trinajstić information content (AvgIpc) is 3.23. The van der Waals surface area contributed by atoms with Gasteiger partial charge in [-0.3, -0.25) is 9.69 Å². The molecule has 1 N–H and O–H groups in total. The molecule has 0 unspecified atom stereocenters. The van der Waals surface area contributed by atoms with E-state index in [1.54, 1.807) is 31.3 Å². The van der Waals surface area contributed by atoms with E-state index in [0.717, 1.165) is 16.9 Å². The Balaban J connectivity index is 1.38. The van der Waals surface area contributed by atoms with Gasteiger partial charge < -0.3 is 19.2 Å². The van der Waals surface area contributed by atoms with Crippen LogP contribution in [0.2, 0.25) is 0 Å². The van der Waals surface area contributed by atoms with Crippen LogP contribution >= 0.6 is 0 Å². The number of hydrogen-bond donors (Lipinski definition) is 1. The number of nitrogens with one attached hydrogen (secondary N) is 1. The molecule has 3 amide bonds. The zero-order chi connectivity index (χ0) is 21.4. The van der Waals surface area contributed by atoms with Crippen molar-refractivity contribution < 1.29 is 23.5 Å². The number of fused-ring (bicyclic) bond motifs is 1. The van der Waals surface area contributed by atoms with E-state index in [-0.39, 0.29) is 18.3 Å². The van der Waals surface area contributed by atoms with Crippen molar-refractivity contribution in [2.75, 3.05) is 13.2 Å². The standard InChI is InChI=1S/C23H21N3O5/c1-23(16-8-9-17-18(12-16)30-11-5-10-29-17)21(27)26(22(28)25-23)14-20-24-13-19(31-20)15-6-3-2-4-7-15/h2-4,6-9,12-13H,5,10-11,14H2,1H3,(H,25,28)/t23-/m1/s1. The minimum atomic E-state index is -1.23. The molecule has 0 aliphatic carbocycles. The molecular formula is C23H21N3O5. The zero-order valence-corrected chi connectivity index (χ0v) is 17.0. The molecule has 3 aromatic rings. The molecule has 31 heavy (non-hydrogen) atoms. The number of oxazole rings is 1. The predicted octanol–water partition coefficient (Wildman–Crippen LogP) is 3.47. The predicted molar refractivity (Wildman–Crippen MR) is 110 cm³/mol. The van der Waals surface area contributed by atoms with E-state index in [1.807, 2.05) is 30.3 Å². The Labute approximate surface area is 178 Å². The molecule has 158 valence electrons. The highest BCUT2D eigenvalue weighted by Gasteiger charge is 2.49. The van der Waals surface area contributed by atoms with Crippen LogP contribution in [0.25, 0.3) is 11.3 Å². The molecule has 2 aliphatic heterocycles. The molecule has 0 radical (unpaired) electrons. The number of rotatable bonds is 4. The lowest BCUT2D eigenvalue weighted by atomic mass is 9.91. The van der Waals surface area contributed by atoms with Crippen molar-refractivity contribution >= 4 is 11.9 Å². The highest BCUT2D eigenvalue weighted by atomic mass is 16.5. The van der Waals surface area contributed by atoms with Gasteiger partial charge >= 0.3 is 6.03 Å². The molecule has 5 rings (SSSR count). The van der Waals surface area contributed by atoms with Gasteiger partial charge in [-0.15, -0.1) is 0 Å². The van der Waals surface area contributed by atoms with Gasteiger partial charge in [0.2, 0.25) is 5.89 Å². The number of carbonyl (C=O) groups excluding carboxylic acids is 2. The number of urea groups is 1. The third-order valence-electron chi connectivity index (χ3n) is 5.51. The SMILES string of the molecule is C[C@]1(c2ccc3c(c2)OCCCO3)NC(=O)N(Cc2ncc(-c3ccccc3)o2)C1=O. The van der Waals surface area contributed by atoms with Crippen LogP contribution in [-0.2, 0) is 16.9 Å². The summed E-state index contributed by atoms with van der Waals surface area (Å²) in [4.78, 5) is 31.3. The van der Waals surface area contributed by atoms with E-state index in [0.29, 0.717) is 36.0 Å².